The molecule has 0 radical (unpaired) electrons. The number of aromatic nitrogens is 3. The van der Waals surface area contributed by atoms with E-state index >= 15 is 0 Å². The standard InChI is InChI=1S/C23H28N6O3/c1-15(27-30)17-11-25-23(26-12-17)29-5-3-16(4-6-29)9-24-10-18-13-28(2)20-8-22-21(7-19(18)20)31-14-32-22/h7-8,11-13,16,24,27,30H,1,3-6,9-10,14H2,2H3. The Balaban J connectivity index is 1.14. The molecule has 168 valence electrons. The van der Waals surface area contributed by atoms with Gasteiger partial charge in [-0.05, 0) is 36.9 Å². The van der Waals surface area contributed by atoms with Crippen molar-refractivity contribution in [2.24, 2.45) is 13.0 Å². The Bertz CT molecular complexity index is 1120. The molecule has 0 bridgehead atoms. The highest BCUT2D eigenvalue weighted by molar-refractivity contribution is 5.87. The summed E-state index contributed by atoms with van der Waals surface area (Å²) in [5, 5.41) is 13.8. The quantitative estimate of drug-likeness (QED) is 0.487. The second-order valence-corrected chi connectivity index (χ2v) is 8.41. The summed E-state index contributed by atoms with van der Waals surface area (Å²) in [5.74, 6) is 2.99. The average molecular weight is 437 g/mol. The van der Waals surface area contributed by atoms with Crippen molar-refractivity contribution in [1.82, 2.24) is 25.3 Å². The number of rotatable bonds is 7. The minimum atomic E-state index is 0.294. The molecule has 0 amide bonds. The number of hydrogen-bond donors (Lipinski definition) is 3. The van der Waals surface area contributed by atoms with Gasteiger partial charge in [0.2, 0.25) is 12.7 Å². The van der Waals surface area contributed by atoms with Crippen molar-refractivity contribution < 1.29 is 14.7 Å². The fourth-order valence-corrected chi connectivity index (χ4v) is 4.45. The van der Waals surface area contributed by atoms with Gasteiger partial charge in [-0.25, -0.2) is 9.97 Å². The van der Waals surface area contributed by atoms with Gasteiger partial charge in [-0.15, -0.1) is 0 Å². The molecule has 0 aliphatic carbocycles. The van der Waals surface area contributed by atoms with Crippen molar-refractivity contribution in [2.75, 3.05) is 31.3 Å². The summed E-state index contributed by atoms with van der Waals surface area (Å²) in [5.41, 5.74) is 5.52. The summed E-state index contributed by atoms with van der Waals surface area (Å²) < 4.78 is 13.2. The number of hydrogen-bond acceptors (Lipinski definition) is 8. The molecule has 0 atom stereocenters. The summed E-state index contributed by atoms with van der Waals surface area (Å²) in [4.78, 5) is 11.1. The summed E-state index contributed by atoms with van der Waals surface area (Å²) in [6, 6.07) is 4.14. The fraction of sp³-hybridized carbons (Fsp3) is 0.391. The van der Waals surface area contributed by atoms with Crippen LogP contribution in [0.4, 0.5) is 5.95 Å². The topological polar surface area (TPSA) is 96.7 Å². The molecule has 5 rings (SSSR count). The molecule has 9 heteroatoms. The van der Waals surface area contributed by atoms with E-state index in [4.69, 9.17) is 14.7 Å². The Morgan fingerprint density at radius 1 is 1.19 bits per heavy atom. The van der Waals surface area contributed by atoms with Crippen LogP contribution in [0.1, 0.15) is 24.0 Å². The van der Waals surface area contributed by atoms with Gasteiger partial charge in [-0.3, -0.25) is 10.7 Å². The molecule has 2 aliphatic rings. The van der Waals surface area contributed by atoms with Gasteiger partial charge in [-0.1, -0.05) is 6.58 Å². The summed E-state index contributed by atoms with van der Waals surface area (Å²) >= 11 is 0. The SMILES string of the molecule is C=C(NO)c1cnc(N2CCC(CNCc3cn(C)c4cc5c(cc34)OCO5)CC2)nc1. The average Bonchev–Trinajstić information content (AvgIpc) is 3.41. The number of benzene rings is 1. The van der Waals surface area contributed by atoms with Crippen LogP contribution >= 0.6 is 0 Å². The van der Waals surface area contributed by atoms with E-state index in [1.807, 2.05) is 5.48 Å². The van der Waals surface area contributed by atoms with Crippen LogP contribution in [0.25, 0.3) is 16.6 Å². The highest BCUT2D eigenvalue weighted by Crippen LogP contribution is 2.37. The summed E-state index contributed by atoms with van der Waals surface area (Å²) in [7, 11) is 2.06. The van der Waals surface area contributed by atoms with Crippen molar-refractivity contribution in [3.8, 4) is 11.5 Å². The third-order valence-corrected chi connectivity index (χ3v) is 6.33. The van der Waals surface area contributed by atoms with Gasteiger partial charge in [0.1, 0.15) is 0 Å². The monoisotopic (exact) mass is 436 g/mol. The maximum Gasteiger partial charge on any atom is 0.231 e. The van der Waals surface area contributed by atoms with Gasteiger partial charge in [0.15, 0.2) is 11.5 Å². The molecule has 3 N–H and O–H groups in total. The summed E-state index contributed by atoms with van der Waals surface area (Å²) in [6.45, 7) is 7.67. The van der Waals surface area contributed by atoms with Crippen LogP contribution < -0.4 is 25.2 Å². The van der Waals surface area contributed by atoms with Crippen molar-refractivity contribution in [2.45, 2.75) is 19.4 Å². The van der Waals surface area contributed by atoms with Crippen molar-refractivity contribution in [3.63, 3.8) is 0 Å². The fourth-order valence-electron chi connectivity index (χ4n) is 4.45. The van der Waals surface area contributed by atoms with Gasteiger partial charge < -0.3 is 24.3 Å². The van der Waals surface area contributed by atoms with E-state index in [-0.39, 0.29) is 0 Å². The number of hydroxylamine groups is 1. The zero-order chi connectivity index (χ0) is 22.1. The van der Waals surface area contributed by atoms with E-state index in [1.165, 1.54) is 10.9 Å². The smallest absolute Gasteiger partial charge is 0.231 e. The van der Waals surface area contributed by atoms with Crippen LogP contribution in [0.5, 0.6) is 11.5 Å². The van der Waals surface area contributed by atoms with Crippen molar-refractivity contribution in [3.05, 3.63) is 48.4 Å². The molecule has 4 heterocycles. The molecular weight excluding hydrogens is 408 g/mol. The normalized spacial score (nSPS) is 16.0. The Labute approximate surface area is 186 Å². The lowest BCUT2D eigenvalue weighted by Crippen LogP contribution is -2.38. The minimum absolute atomic E-state index is 0.294. The molecule has 32 heavy (non-hydrogen) atoms. The van der Waals surface area contributed by atoms with E-state index in [9.17, 15) is 0 Å². The molecule has 9 nitrogen and oxygen atoms in total. The number of piperidine rings is 1. The second-order valence-electron chi connectivity index (χ2n) is 8.41. The molecule has 0 saturated carbocycles. The van der Waals surface area contributed by atoms with Crippen LogP contribution in [-0.4, -0.2) is 46.2 Å². The number of fused-ring (bicyclic) bond motifs is 2. The lowest BCUT2D eigenvalue weighted by atomic mass is 9.97. The number of nitrogens with zero attached hydrogens (tertiary/aromatic N) is 4. The first-order valence-electron chi connectivity index (χ1n) is 10.9. The third-order valence-electron chi connectivity index (χ3n) is 6.33. The van der Waals surface area contributed by atoms with Gasteiger partial charge in [0.25, 0.3) is 0 Å². The zero-order valence-corrected chi connectivity index (χ0v) is 18.2. The van der Waals surface area contributed by atoms with E-state index in [2.05, 4.69) is 56.7 Å². The van der Waals surface area contributed by atoms with Gasteiger partial charge >= 0.3 is 0 Å². The minimum Gasteiger partial charge on any atom is -0.454 e. The molecule has 2 aromatic heterocycles. The Morgan fingerprint density at radius 2 is 1.91 bits per heavy atom. The van der Waals surface area contributed by atoms with Gasteiger partial charge in [0, 0.05) is 62.3 Å². The molecule has 2 aliphatic heterocycles. The Hall–Kier alpha value is -3.30. The van der Waals surface area contributed by atoms with Crippen molar-refractivity contribution >= 4 is 22.5 Å². The van der Waals surface area contributed by atoms with Gasteiger partial charge in [0.05, 0.1) is 11.2 Å². The van der Waals surface area contributed by atoms with E-state index in [0.29, 0.717) is 24.0 Å². The first-order chi connectivity index (χ1) is 15.6. The van der Waals surface area contributed by atoms with Crippen LogP contribution in [0, 0.1) is 5.92 Å². The maximum atomic E-state index is 8.94. The Kier molecular flexibility index (Phi) is 5.59. The highest BCUT2D eigenvalue weighted by Gasteiger charge is 2.22. The van der Waals surface area contributed by atoms with Crippen molar-refractivity contribution in [1.29, 1.82) is 0 Å². The first kappa shape index (κ1) is 20.6. The zero-order valence-electron chi connectivity index (χ0n) is 18.2. The number of anilines is 1. The molecular formula is C23H28N6O3. The van der Waals surface area contributed by atoms with Crippen LogP contribution in [0.15, 0.2) is 37.3 Å². The van der Waals surface area contributed by atoms with Gasteiger partial charge in [-0.2, -0.15) is 0 Å². The molecule has 0 unspecified atom stereocenters. The molecule has 0 spiro atoms. The van der Waals surface area contributed by atoms with E-state index < -0.39 is 0 Å². The predicted molar refractivity (Wildman–Crippen MR) is 122 cm³/mol. The van der Waals surface area contributed by atoms with Crippen LogP contribution in [0.3, 0.4) is 0 Å². The second kappa shape index (κ2) is 8.68. The number of ether oxygens (including phenoxy) is 2. The van der Waals surface area contributed by atoms with Crippen LogP contribution in [-0.2, 0) is 13.6 Å². The predicted octanol–water partition coefficient (Wildman–Crippen LogP) is 2.65. The molecule has 1 saturated heterocycles. The highest BCUT2D eigenvalue weighted by atomic mass is 16.7. The first-order valence-corrected chi connectivity index (χ1v) is 10.9. The number of aryl methyl sites for hydroxylation is 1. The number of nitrogens with one attached hydrogen (secondary N) is 2. The Morgan fingerprint density at radius 3 is 2.62 bits per heavy atom. The van der Waals surface area contributed by atoms with Crippen LogP contribution in [0.2, 0.25) is 0 Å². The lowest BCUT2D eigenvalue weighted by molar-refractivity contribution is 0.174. The van der Waals surface area contributed by atoms with E-state index in [0.717, 1.165) is 62.0 Å². The van der Waals surface area contributed by atoms with E-state index in [1.54, 1.807) is 12.4 Å². The molecule has 1 aromatic carbocycles. The lowest BCUT2D eigenvalue weighted by Gasteiger charge is -2.32. The summed E-state index contributed by atoms with van der Waals surface area (Å²) in [6.07, 6.45) is 7.72. The molecule has 3 aromatic rings. The molecule has 1 fully saturated rings. The third kappa shape index (κ3) is 3.96. The largest absolute Gasteiger partial charge is 0.454 e. The maximum absolute atomic E-state index is 8.94.